The van der Waals surface area contributed by atoms with Crippen LogP contribution < -0.4 is 5.73 Å². The minimum atomic E-state index is -0.986. The van der Waals surface area contributed by atoms with Crippen LogP contribution in [0, 0.1) is 0 Å². The topological polar surface area (TPSA) is 104 Å². The summed E-state index contributed by atoms with van der Waals surface area (Å²) < 4.78 is 0. The molecular formula is C12H15NO4. The van der Waals surface area contributed by atoms with Crippen LogP contribution in [0.1, 0.15) is 17.9 Å². The van der Waals surface area contributed by atoms with Crippen LogP contribution in [0.4, 0.5) is 0 Å². The molecule has 0 heterocycles. The molecule has 5 N–H and O–H groups in total. The largest absolute Gasteiger partial charge is 0.504 e. The lowest BCUT2D eigenvalue weighted by molar-refractivity contribution is -0.137. The maximum atomic E-state index is 10.8. The molecule has 0 aliphatic rings. The van der Waals surface area contributed by atoms with E-state index >= 15 is 0 Å². The number of aromatic hydroxyl groups is 2. The number of nitrogens with two attached hydrogens (primary N) is 1. The number of carboxylic acids is 1. The molecule has 0 amide bonds. The highest BCUT2D eigenvalue weighted by Crippen LogP contribution is 2.31. The second-order valence-electron chi connectivity index (χ2n) is 3.77. The van der Waals surface area contributed by atoms with Crippen LogP contribution in [0.5, 0.6) is 11.5 Å². The average Bonchev–Trinajstić information content (AvgIpc) is 2.28. The van der Waals surface area contributed by atoms with E-state index in [0.717, 1.165) is 0 Å². The van der Waals surface area contributed by atoms with E-state index in [1.807, 2.05) is 0 Å². The summed E-state index contributed by atoms with van der Waals surface area (Å²) in [5.74, 6) is -2.03. The monoisotopic (exact) mass is 237 g/mol. The Morgan fingerprint density at radius 3 is 2.53 bits per heavy atom. The smallest absolute Gasteiger partial charge is 0.304 e. The summed E-state index contributed by atoms with van der Waals surface area (Å²) in [6.07, 6.45) is 1.29. The highest BCUT2D eigenvalue weighted by Gasteiger charge is 2.21. The fourth-order valence-electron chi connectivity index (χ4n) is 1.60. The van der Waals surface area contributed by atoms with Gasteiger partial charge in [-0.05, 0) is 17.7 Å². The zero-order valence-electron chi connectivity index (χ0n) is 9.21. The van der Waals surface area contributed by atoms with Crippen molar-refractivity contribution >= 4 is 5.97 Å². The van der Waals surface area contributed by atoms with Crippen LogP contribution >= 0.6 is 0 Å². The number of hydrogen-bond acceptors (Lipinski definition) is 4. The molecule has 2 atom stereocenters. The molecule has 92 valence electrons. The fraction of sp³-hybridized carbons (Fsp3) is 0.250. The molecule has 0 aliphatic carbocycles. The van der Waals surface area contributed by atoms with Crippen molar-refractivity contribution in [3.05, 3.63) is 36.4 Å². The molecular weight excluding hydrogens is 222 g/mol. The van der Waals surface area contributed by atoms with Crippen LogP contribution in [0.25, 0.3) is 0 Å². The van der Waals surface area contributed by atoms with Gasteiger partial charge >= 0.3 is 5.97 Å². The van der Waals surface area contributed by atoms with Crippen LogP contribution in [-0.4, -0.2) is 27.3 Å². The van der Waals surface area contributed by atoms with E-state index in [1.165, 1.54) is 24.3 Å². The molecule has 5 heteroatoms. The lowest BCUT2D eigenvalue weighted by Crippen LogP contribution is -2.27. The number of aliphatic carboxylic acids is 1. The second kappa shape index (κ2) is 5.36. The van der Waals surface area contributed by atoms with Gasteiger partial charge in [0.05, 0.1) is 6.42 Å². The number of phenols is 2. The van der Waals surface area contributed by atoms with Gasteiger partial charge in [-0.25, -0.2) is 0 Å². The van der Waals surface area contributed by atoms with Crippen molar-refractivity contribution in [2.45, 2.75) is 18.4 Å². The SMILES string of the molecule is C=CC(N)C(CC(=O)O)c1ccc(O)c(O)c1. The molecule has 0 saturated carbocycles. The van der Waals surface area contributed by atoms with Crippen molar-refractivity contribution in [1.29, 1.82) is 0 Å². The number of carboxylic acid groups (broad SMARTS) is 1. The van der Waals surface area contributed by atoms with Crippen LogP contribution in [0.2, 0.25) is 0 Å². The van der Waals surface area contributed by atoms with Crippen LogP contribution in [0.3, 0.4) is 0 Å². The Morgan fingerprint density at radius 2 is 2.06 bits per heavy atom. The second-order valence-corrected chi connectivity index (χ2v) is 3.77. The molecule has 17 heavy (non-hydrogen) atoms. The summed E-state index contributed by atoms with van der Waals surface area (Å²) in [5.41, 5.74) is 6.31. The zero-order chi connectivity index (χ0) is 13.0. The Morgan fingerprint density at radius 1 is 1.41 bits per heavy atom. The van der Waals surface area contributed by atoms with Gasteiger partial charge in [0, 0.05) is 12.0 Å². The van der Waals surface area contributed by atoms with Gasteiger partial charge in [0.2, 0.25) is 0 Å². The van der Waals surface area contributed by atoms with Crippen molar-refractivity contribution in [1.82, 2.24) is 0 Å². The summed E-state index contributed by atoms with van der Waals surface area (Å²) in [6, 6.07) is 3.61. The average molecular weight is 237 g/mol. The van der Waals surface area contributed by atoms with Gasteiger partial charge in [0.15, 0.2) is 11.5 Å². The van der Waals surface area contributed by atoms with Gasteiger partial charge in [0.25, 0.3) is 0 Å². The first-order valence-electron chi connectivity index (χ1n) is 5.07. The number of benzene rings is 1. The summed E-state index contributed by atoms with van der Waals surface area (Å²) in [5, 5.41) is 27.4. The predicted octanol–water partition coefficient (Wildman–Crippen LogP) is 1.17. The molecule has 0 spiro atoms. The number of rotatable bonds is 5. The normalized spacial score (nSPS) is 13.9. The Bertz CT molecular complexity index is 431. The molecule has 5 nitrogen and oxygen atoms in total. The minimum absolute atomic E-state index is 0.169. The first-order chi connectivity index (χ1) is 7.95. The number of carbonyl (C=O) groups is 1. The Hall–Kier alpha value is -2.01. The van der Waals surface area contributed by atoms with Crippen LogP contribution in [0.15, 0.2) is 30.9 Å². The first-order valence-corrected chi connectivity index (χ1v) is 5.07. The highest BCUT2D eigenvalue weighted by molar-refractivity contribution is 5.68. The molecule has 1 aromatic carbocycles. The predicted molar refractivity (Wildman–Crippen MR) is 62.9 cm³/mol. The highest BCUT2D eigenvalue weighted by atomic mass is 16.4. The third kappa shape index (κ3) is 3.22. The zero-order valence-corrected chi connectivity index (χ0v) is 9.21. The Labute approximate surface area is 98.8 Å². The summed E-state index contributed by atoms with van der Waals surface area (Å²) in [6.45, 7) is 3.52. The van der Waals surface area contributed by atoms with E-state index in [0.29, 0.717) is 5.56 Å². The van der Waals surface area contributed by atoms with Gasteiger partial charge in [-0.2, -0.15) is 0 Å². The molecule has 0 saturated heterocycles. The molecule has 0 fully saturated rings. The lowest BCUT2D eigenvalue weighted by atomic mass is 9.89. The molecule has 2 unspecified atom stereocenters. The third-order valence-electron chi connectivity index (χ3n) is 2.56. The Kier molecular flexibility index (Phi) is 4.12. The van der Waals surface area contributed by atoms with E-state index in [4.69, 9.17) is 10.8 Å². The van der Waals surface area contributed by atoms with Gasteiger partial charge in [0.1, 0.15) is 0 Å². The molecule has 0 bridgehead atoms. The molecule has 1 rings (SSSR count). The van der Waals surface area contributed by atoms with Crippen molar-refractivity contribution in [2.75, 3.05) is 0 Å². The molecule has 0 aliphatic heterocycles. The van der Waals surface area contributed by atoms with E-state index in [2.05, 4.69) is 6.58 Å². The molecule has 0 aromatic heterocycles. The van der Waals surface area contributed by atoms with Crippen molar-refractivity contribution in [3.63, 3.8) is 0 Å². The van der Waals surface area contributed by atoms with Gasteiger partial charge < -0.3 is 21.1 Å². The third-order valence-corrected chi connectivity index (χ3v) is 2.56. The fourth-order valence-corrected chi connectivity index (χ4v) is 1.60. The van der Waals surface area contributed by atoms with Crippen molar-refractivity contribution in [2.24, 2.45) is 5.73 Å². The van der Waals surface area contributed by atoms with Crippen LogP contribution in [-0.2, 0) is 4.79 Å². The van der Waals surface area contributed by atoms with Crippen molar-refractivity contribution in [3.8, 4) is 11.5 Å². The van der Waals surface area contributed by atoms with E-state index in [9.17, 15) is 15.0 Å². The molecule has 0 radical (unpaired) electrons. The maximum absolute atomic E-state index is 10.8. The Balaban J connectivity index is 3.07. The van der Waals surface area contributed by atoms with Gasteiger partial charge in [-0.1, -0.05) is 12.1 Å². The van der Waals surface area contributed by atoms with E-state index in [-0.39, 0.29) is 17.9 Å². The summed E-state index contributed by atoms with van der Waals surface area (Å²) >= 11 is 0. The summed E-state index contributed by atoms with van der Waals surface area (Å²) in [7, 11) is 0. The van der Waals surface area contributed by atoms with Gasteiger partial charge in [-0.15, -0.1) is 6.58 Å². The first kappa shape index (κ1) is 13.1. The van der Waals surface area contributed by atoms with Gasteiger partial charge in [-0.3, -0.25) is 4.79 Å². The molecule has 1 aromatic rings. The lowest BCUT2D eigenvalue weighted by Gasteiger charge is -2.20. The standard InChI is InChI=1S/C12H15NO4/c1-2-9(13)8(6-12(16)17)7-3-4-10(14)11(15)5-7/h2-5,8-9,14-15H,1,6,13H2,(H,16,17). The quantitative estimate of drug-likeness (QED) is 0.454. The van der Waals surface area contributed by atoms with Crippen molar-refractivity contribution < 1.29 is 20.1 Å². The maximum Gasteiger partial charge on any atom is 0.304 e. The number of hydrogen-bond donors (Lipinski definition) is 4. The number of phenolic OH excluding ortho intramolecular Hbond substituents is 2. The van der Waals surface area contributed by atoms with E-state index < -0.39 is 17.9 Å². The summed E-state index contributed by atoms with van der Waals surface area (Å²) in [4.78, 5) is 10.8. The minimum Gasteiger partial charge on any atom is -0.504 e. The van der Waals surface area contributed by atoms with E-state index in [1.54, 1.807) is 0 Å².